The van der Waals surface area contributed by atoms with Crippen molar-refractivity contribution in [2.45, 2.75) is 19.6 Å². The summed E-state index contributed by atoms with van der Waals surface area (Å²) in [6, 6.07) is 22.6. The molecule has 2 aromatic carbocycles. The second kappa shape index (κ2) is 6.91. The summed E-state index contributed by atoms with van der Waals surface area (Å²) in [4.78, 5) is 0. The first-order chi connectivity index (χ1) is 10.4. The molecule has 21 heavy (non-hydrogen) atoms. The Morgan fingerprint density at radius 1 is 0.714 bits per heavy atom. The van der Waals surface area contributed by atoms with E-state index in [2.05, 4.69) is 30.3 Å². The van der Waals surface area contributed by atoms with Crippen LogP contribution in [0.3, 0.4) is 0 Å². The molecule has 0 amide bonds. The van der Waals surface area contributed by atoms with Gasteiger partial charge in [0.2, 0.25) is 0 Å². The Kier molecular flexibility index (Phi) is 4.49. The van der Waals surface area contributed by atoms with E-state index >= 15 is 0 Å². The lowest BCUT2D eigenvalue weighted by atomic mass is 10.1. The van der Waals surface area contributed by atoms with Gasteiger partial charge in [-0.2, -0.15) is 0 Å². The minimum atomic E-state index is 0.577. The van der Waals surface area contributed by atoms with Crippen molar-refractivity contribution in [2.24, 2.45) is 0 Å². The zero-order chi connectivity index (χ0) is 14.3. The fourth-order valence-corrected chi connectivity index (χ4v) is 2.25. The van der Waals surface area contributed by atoms with Gasteiger partial charge in [-0.25, -0.2) is 0 Å². The van der Waals surface area contributed by atoms with E-state index < -0.39 is 0 Å². The first-order valence-electron chi connectivity index (χ1n) is 7.12. The lowest BCUT2D eigenvalue weighted by Crippen LogP contribution is -1.92. The van der Waals surface area contributed by atoms with Crippen molar-refractivity contribution in [3.8, 4) is 0 Å². The summed E-state index contributed by atoms with van der Waals surface area (Å²) in [7, 11) is 0. The minimum Gasteiger partial charge on any atom is -0.469 e. The zero-order valence-corrected chi connectivity index (χ0v) is 11.9. The maximum Gasteiger partial charge on any atom is 0.108 e. The van der Waals surface area contributed by atoms with Crippen LogP contribution in [-0.2, 0) is 24.4 Å². The van der Waals surface area contributed by atoms with Crippen molar-refractivity contribution in [3.63, 3.8) is 0 Å². The van der Waals surface area contributed by atoms with E-state index in [4.69, 9.17) is 9.15 Å². The van der Waals surface area contributed by atoms with Crippen LogP contribution in [0.1, 0.15) is 22.5 Å². The molecule has 3 aromatic rings. The van der Waals surface area contributed by atoms with Gasteiger partial charge in [-0.1, -0.05) is 60.7 Å². The average Bonchev–Trinajstić information content (AvgIpc) is 2.97. The molecule has 0 atom stereocenters. The summed E-state index contributed by atoms with van der Waals surface area (Å²) in [5.74, 6) is 0.972. The molecule has 1 heterocycles. The van der Waals surface area contributed by atoms with E-state index in [0.29, 0.717) is 13.2 Å². The highest BCUT2D eigenvalue weighted by Crippen LogP contribution is 2.14. The first kappa shape index (κ1) is 13.7. The maximum atomic E-state index is 5.71. The summed E-state index contributed by atoms with van der Waals surface area (Å²) < 4.78 is 11.3. The van der Waals surface area contributed by atoms with Crippen molar-refractivity contribution in [1.29, 1.82) is 0 Å². The number of ether oxygens (including phenoxy) is 1. The van der Waals surface area contributed by atoms with Crippen LogP contribution in [0.2, 0.25) is 0 Å². The predicted molar refractivity (Wildman–Crippen MR) is 82.9 cm³/mol. The van der Waals surface area contributed by atoms with Crippen LogP contribution in [0.15, 0.2) is 77.4 Å². The van der Waals surface area contributed by atoms with Crippen molar-refractivity contribution in [3.05, 3.63) is 95.4 Å². The quantitative estimate of drug-likeness (QED) is 0.658. The molecular weight excluding hydrogens is 260 g/mol. The standard InChI is InChI=1S/C19H18O2/c1-3-7-16(8-4-1)11-19-12-18(15-21-19)14-20-13-17-9-5-2-6-10-17/h1-10,12,15H,11,13-14H2. The summed E-state index contributed by atoms with van der Waals surface area (Å²) in [6.45, 7) is 1.20. The van der Waals surface area contributed by atoms with Crippen molar-refractivity contribution in [2.75, 3.05) is 0 Å². The predicted octanol–water partition coefficient (Wildman–Crippen LogP) is 4.59. The van der Waals surface area contributed by atoms with E-state index in [1.165, 1.54) is 11.1 Å². The highest BCUT2D eigenvalue weighted by atomic mass is 16.5. The molecule has 0 fully saturated rings. The van der Waals surface area contributed by atoms with Crippen LogP contribution in [-0.4, -0.2) is 0 Å². The van der Waals surface area contributed by atoms with Gasteiger partial charge in [0.15, 0.2) is 0 Å². The van der Waals surface area contributed by atoms with Crippen LogP contribution in [0.25, 0.3) is 0 Å². The summed E-state index contributed by atoms with van der Waals surface area (Å²) in [6.07, 6.45) is 2.60. The Bertz CT molecular complexity index is 656. The van der Waals surface area contributed by atoms with E-state index in [0.717, 1.165) is 17.7 Å². The maximum absolute atomic E-state index is 5.71. The van der Waals surface area contributed by atoms with Gasteiger partial charge >= 0.3 is 0 Å². The van der Waals surface area contributed by atoms with E-state index in [9.17, 15) is 0 Å². The van der Waals surface area contributed by atoms with Crippen molar-refractivity contribution in [1.82, 2.24) is 0 Å². The van der Waals surface area contributed by atoms with Gasteiger partial charge in [0.25, 0.3) is 0 Å². The Labute approximate surface area is 125 Å². The van der Waals surface area contributed by atoms with Gasteiger partial charge in [-0.15, -0.1) is 0 Å². The van der Waals surface area contributed by atoms with Gasteiger partial charge in [0.1, 0.15) is 5.76 Å². The fraction of sp³-hybridized carbons (Fsp3) is 0.158. The molecule has 0 aliphatic carbocycles. The monoisotopic (exact) mass is 278 g/mol. The second-order valence-corrected chi connectivity index (χ2v) is 5.06. The average molecular weight is 278 g/mol. The molecule has 106 valence electrons. The summed E-state index contributed by atoms with van der Waals surface area (Å²) >= 11 is 0. The Balaban J connectivity index is 1.51. The molecule has 0 saturated heterocycles. The Morgan fingerprint density at radius 2 is 1.33 bits per heavy atom. The molecule has 2 nitrogen and oxygen atoms in total. The highest BCUT2D eigenvalue weighted by Gasteiger charge is 2.03. The molecule has 2 heteroatoms. The molecule has 0 aliphatic rings. The van der Waals surface area contributed by atoms with E-state index in [-0.39, 0.29) is 0 Å². The Morgan fingerprint density at radius 3 is 2.05 bits per heavy atom. The third-order valence-corrected chi connectivity index (χ3v) is 3.31. The van der Waals surface area contributed by atoms with Crippen LogP contribution in [0.4, 0.5) is 0 Å². The largest absolute Gasteiger partial charge is 0.469 e. The topological polar surface area (TPSA) is 22.4 Å². The number of benzene rings is 2. The van der Waals surface area contributed by atoms with Crippen LogP contribution >= 0.6 is 0 Å². The fourth-order valence-electron chi connectivity index (χ4n) is 2.25. The lowest BCUT2D eigenvalue weighted by Gasteiger charge is -2.01. The first-order valence-corrected chi connectivity index (χ1v) is 7.12. The third-order valence-electron chi connectivity index (χ3n) is 3.31. The molecule has 3 rings (SSSR count). The number of hydrogen-bond donors (Lipinski definition) is 0. The number of hydrogen-bond acceptors (Lipinski definition) is 2. The normalized spacial score (nSPS) is 10.7. The van der Waals surface area contributed by atoms with Gasteiger partial charge in [0, 0.05) is 12.0 Å². The lowest BCUT2D eigenvalue weighted by molar-refractivity contribution is 0.107. The molecule has 0 spiro atoms. The van der Waals surface area contributed by atoms with Gasteiger partial charge in [0.05, 0.1) is 19.5 Å². The van der Waals surface area contributed by atoms with Crippen LogP contribution in [0.5, 0.6) is 0 Å². The summed E-state index contributed by atoms with van der Waals surface area (Å²) in [5.41, 5.74) is 3.52. The van der Waals surface area contributed by atoms with Gasteiger partial charge < -0.3 is 9.15 Å². The van der Waals surface area contributed by atoms with Gasteiger partial charge in [-0.3, -0.25) is 0 Å². The molecule has 1 aromatic heterocycles. The molecular formula is C19H18O2. The third kappa shape index (κ3) is 4.07. The van der Waals surface area contributed by atoms with Crippen LogP contribution in [0, 0.1) is 0 Å². The molecule has 0 unspecified atom stereocenters. The summed E-state index contributed by atoms with van der Waals surface area (Å²) in [5, 5.41) is 0. The van der Waals surface area contributed by atoms with E-state index in [1.807, 2.05) is 36.4 Å². The van der Waals surface area contributed by atoms with E-state index in [1.54, 1.807) is 6.26 Å². The SMILES string of the molecule is c1ccc(COCc2coc(Cc3ccccc3)c2)cc1. The Hall–Kier alpha value is -2.32. The molecule has 0 N–H and O–H groups in total. The highest BCUT2D eigenvalue weighted by molar-refractivity contribution is 5.22. The van der Waals surface area contributed by atoms with Crippen molar-refractivity contribution < 1.29 is 9.15 Å². The van der Waals surface area contributed by atoms with Crippen molar-refractivity contribution >= 4 is 0 Å². The minimum absolute atomic E-state index is 0.577. The zero-order valence-electron chi connectivity index (χ0n) is 11.9. The smallest absolute Gasteiger partial charge is 0.108 e. The number of furan rings is 1. The number of rotatable bonds is 6. The van der Waals surface area contributed by atoms with Crippen LogP contribution < -0.4 is 0 Å². The van der Waals surface area contributed by atoms with Gasteiger partial charge in [-0.05, 0) is 17.2 Å². The molecule has 0 aliphatic heterocycles. The molecule has 0 bridgehead atoms. The molecule has 0 radical (unpaired) electrons. The molecule has 0 saturated carbocycles. The second-order valence-electron chi connectivity index (χ2n) is 5.06.